The Morgan fingerprint density at radius 3 is 3.00 bits per heavy atom. The van der Waals surface area contributed by atoms with Crippen LogP contribution in [-0.4, -0.2) is 23.1 Å². The molecule has 136 valence electrons. The number of unbranched alkanes of at least 4 members (excludes halogenated alkanes) is 2. The van der Waals surface area contributed by atoms with Crippen LogP contribution in [0.25, 0.3) is 0 Å². The van der Waals surface area contributed by atoms with Gasteiger partial charge in [-0.1, -0.05) is 30.2 Å². The summed E-state index contributed by atoms with van der Waals surface area (Å²) in [5, 5.41) is 19.7. The van der Waals surface area contributed by atoms with Crippen molar-refractivity contribution in [3.05, 3.63) is 51.1 Å². The lowest BCUT2D eigenvalue weighted by Crippen LogP contribution is -2.37. The first-order valence-corrected chi connectivity index (χ1v) is 8.95. The molecule has 0 spiro atoms. The van der Waals surface area contributed by atoms with Crippen molar-refractivity contribution in [2.24, 2.45) is 5.92 Å². The number of aliphatic hydroxyl groups is 1. The Kier molecular flexibility index (Phi) is 5.58. The molecule has 6 nitrogen and oxygen atoms in total. The van der Waals surface area contributed by atoms with Crippen LogP contribution >= 0.6 is 0 Å². The third-order valence-electron chi connectivity index (χ3n) is 5.20. The van der Waals surface area contributed by atoms with E-state index in [-0.39, 0.29) is 12.5 Å². The van der Waals surface area contributed by atoms with Gasteiger partial charge in [-0.15, -0.1) is 10.1 Å². The van der Waals surface area contributed by atoms with Crippen LogP contribution in [0.2, 0.25) is 0 Å². The maximum atomic E-state index is 10.3. The van der Waals surface area contributed by atoms with E-state index in [1.54, 1.807) is 0 Å². The molecule has 1 unspecified atom stereocenters. The molecule has 0 saturated carbocycles. The lowest BCUT2D eigenvalue weighted by atomic mass is 9.74. The SMILES string of the molecule is CC1=CC[C@@H]2C(O)Oc3cc(CCCCCO[N+](=O)[O-])ccc3[C@H]2C1. The Morgan fingerprint density at radius 2 is 2.20 bits per heavy atom. The smallest absolute Gasteiger partial charge is 0.294 e. The van der Waals surface area contributed by atoms with Gasteiger partial charge in [-0.05, 0) is 56.2 Å². The fraction of sp³-hybridized carbons (Fsp3) is 0.579. The first-order chi connectivity index (χ1) is 12.0. The van der Waals surface area contributed by atoms with Crippen molar-refractivity contribution in [1.29, 1.82) is 0 Å². The molecule has 25 heavy (non-hydrogen) atoms. The molecular formula is C19H25NO5. The monoisotopic (exact) mass is 347 g/mol. The number of benzene rings is 1. The Bertz CT molecular complexity index is 657. The van der Waals surface area contributed by atoms with Crippen LogP contribution in [0.15, 0.2) is 29.8 Å². The van der Waals surface area contributed by atoms with Crippen LogP contribution in [0.3, 0.4) is 0 Å². The van der Waals surface area contributed by atoms with Crippen molar-refractivity contribution >= 4 is 0 Å². The summed E-state index contributed by atoms with van der Waals surface area (Å²) in [6.45, 7) is 2.30. The quantitative estimate of drug-likeness (QED) is 0.351. The van der Waals surface area contributed by atoms with Gasteiger partial charge in [-0.2, -0.15) is 0 Å². The van der Waals surface area contributed by atoms with Crippen molar-refractivity contribution in [2.45, 2.75) is 57.7 Å². The largest absolute Gasteiger partial charge is 0.465 e. The molecule has 0 fully saturated rings. The van der Waals surface area contributed by atoms with Crippen molar-refractivity contribution in [3.8, 4) is 5.75 Å². The number of hydrogen-bond acceptors (Lipinski definition) is 5. The first kappa shape index (κ1) is 17.7. The Labute approximate surface area is 147 Å². The van der Waals surface area contributed by atoms with Crippen molar-refractivity contribution in [3.63, 3.8) is 0 Å². The molecule has 1 aliphatic carbocycles. The predicted molar refractivity (Wildman–Crippen MR) is 92.8 cm³/mol. The summed E-state index contributed by atoms with van der Waals surface area (Å²) < 4.78 is 5.78. The maximum absolute atomic E-state index is 10.3. The van der Waals surface area contributed by atoms with E-state index in [4.69, 9.17) is 4.74 Å². The third-order valence-corrected chi connectivity index (χ3v) is 5.20. The second-order valence-electron chi connectivity index (χ2n) is 7.01. The summed E-state index contributed by atoms with van der Waals surface area (Å²) >= 11 is 0. The lowest BCUT2D eigenvalue weighted by Gasteiger charge is -2.39. The van der Waals surface area contributed by atoms with Crippen LogP contribution in [0.1, 0.15) is 56.1 Å². The number of nitrogens with zero attached hydrogens (tertiary/aromatic N) is 1. The van der Waals surface area contributed by atoms with E-state index in [2.05, 4.69) is 30.0 Å². The van der Waals surface area contributed by atoms with Gasteiger partial charge in [0.15, 0.2) is 0 Å². The molecule has 1 aromatic rings. The number of hydrogen-bond donors (Lipinski definition) is 1. The zero-order valence-electron chi connectivity index (χ0n) is 14.5. The van der Waals surface area contributed by atoms with E-state index in [9.17, 15) is 15.2 Å². The number of allylic oxidation sites excluding steroid dienone is 2. The van der Waals surface area contributed by atoms with E-state index >= 15 is 0 Å². The van der Waals surface area contributed by atoms with Gasteiger partial charge in [-0.3, -0.25) is 0 Å². The van der Waals surface area contributed by atoms with Gasteiger partial charge < -0.3 is 14.7 Å². The summed E-state index contributed by atoms with van der Waals surface area (Å²) in [5.74, 6) is 1.28. The lowest BCUT2D eigenvalue weighted by molar-refractivity contribution is -0.757. The number of aliphatic hydroxyl groups excluding tert-OH is 1. The van der Waals surface area contributed by atoms with Gasteiger partial charge in [0.1, 0.15) is 5.75 Å². The van der Waals surface area contributed by atoms with Crippen molar-refractivity contribution in [1.82, 2.24) is 0 Å². The molecule has 6 heteroatoms. The highest BCUT2D eigenvalue weighted by Crippen LogP contribution is 2.47. The van der Waals surface area contributed by atoms with E-state index in [0.717, 1.165) is 37.9 Å². The summed E-state index contributed by atoms with van der Waals surface area (Å²) in [4.78, 5) is 14.4. The minimum absolute atomic E-state index is 0.142. The van der Waals surface area contributed by atoms with Crippen molar-refractivity contribution in [2.75, 3.05) is 6.61 Å². The number of fused-ring (bicyclic) bond motifs is 3. The Hall–Kier alpha value is -2.08. The molecule has 1 aliphatic heterocycles. The average Bonchev–Trinajstić information content (AvgIpc) is 2.57. The normalized spacial score (nSPS) is 24.6. The maximum Gasteiger partial charge on any atom is 0.294 e. The topological polar surface area (TPSA) is 81.8 Å². The minimum atomic E-state index is -0.748. The van der Waals surface area contributed by atoms with Crippen LogP contribution in [0, 0.1) is 16.0 Å². The standard InChI is InChI=1S/C19H25NO5/c1-13-6-8-16-17(11-13)15-9-7-14(12-18(15)25-19(16)21)5-3-2-4-10-24-20(22)23/h6-7,9,12,16-17,19,21H,2-5,8,10-11H2,1H3/t16-,17+,19?/m0/s1. The number of ether oxygens (including phenoxy) is 1. The Morgan fingerprint density at radius 1 is 1.36 bits per heavy atom. The minimum Gasteiger partial charge on any atom is -0.465 e. The highest BCUT2D eigenvalue weighted by Gasteiger charge is 2.38. The molecule has 3 atom stereocenters. The average molecular weight is 347 g/mol. The van der Waals surface area contributed by atoms with E-state index in [0.29, 0.717) is 12.3 Å². The van der Waals surface area contributed by atoms with E-state index < -0.39 is 11.4 Å². The van der Waals surface area contributed by atoms with Gasteiger partial charge >= 0.3 is 0 Å². The molecular weight excluding hydrogens is 322 g/mol. The molecule has 1 aromatic carbocycles. The molecule has 2 aliphatic rings. The summed E-state index contributed by atoms with van der Waals surface area (Å²) in [6.07, 6.45) is 6.69. The van der Waals surface area contributed by atoms with Gasteiger partial charge in [-0.25, -0.2) is 0 Å². The van der Waals surface area contributed by atoms with Gasteiger partial charge in [0, 0.05) is 11.8 Å². The van der Waals surface area contributed by atoms with Gasteiger partial charge in [0.2, 0.25) is 6.29 Å². The summed E-state index contributed by atoms with van der Waals surface area (Å²) in [5.41, 5.74) is 3.75. The van der Waals surface area contributed by atoms with Crippen LogP contribution in [0.4, 0.5) is 0 Å². The van der Waals surface area contributed by atoms with Gasteiger partial charge in [0.25, 0.3) is 5.09 Å². The number of aryl methyl sites for hydroxylation is 1. The number of rotatable bonds is 7. The van der Waals surface area contributed by atoms with Crippen LogP contribution < -0.4 is 4.74 Å². The zero-order valence-corrected chi connectivity index (χ0v) is 14.5. The van der Waals surface area contributed by atoms with Gasteiger partial charge in [0.05, 0.1) is 6.61 Å². The summed E-state index contributed by atoms with van der Waals surface area (Å²) in [6, 6.07) is 6.32. The molecule has 0 saturated heterocycles. The Balaban J connectivity index is 1.58. The predicted octanol–water partition coefficient (Wildman–Crippen LogP) is 3.76. The molecule has 1 N–H and O–H groups in total. The first-order valence-electron chi connectivity index (χ1n) is 8.95. The zero-order chi connectivity index (χ0) is 17.8. The molecule has 3 rings (SSSR count). The van der Waals surface area contributed by atoms with E-state index in [1.165, 1.54) is 16.7 Å². The molecule has 1 heterocycles. The molecule has 0 aromatic heterocycles. The summed E-state index contributed by atoms with van der Waals surface area (Å²) in [7, 11) is 0. The molecule has 0 amide bonds. The highest BCUT2D eigenvalue weighted by atomic mass is 16.9. The molecule has 0 bridgehead atoms. The third kappa shape index (κ3) is 4.31. The van der Waals surface area contributed by atoms with Crippen LogP contribution in [-0.2, 0) is 11.3 Å². The second-order valence-corrected chi connectivity index (χ2v) is 7.01. The van der Waals surface area contributed by atoms with Crippen LogP contribution in [0.5, 0.6) is 5.75 Å². The molecule has 0 radical (unpaired) electrons. The van der Waals surface area contributed by atoms with E-state index in [1.807, 2.05) is 6.07 Å². The fourth-order valence-corrected chi connectivity index (χ4v) is 3.85. The highest BCUT2D eigenvalue weighted by molar-refractivity contribution is 5.43. The van der Waals surface area contributed by atoms with Crippen molar-refractivity contribution < 1.29 is 19.8 Å². The fourth-order valence-electron chi connectivity index (χ4n) is 3.85. The second kappa shape index (κ2) is 7.87.